The maximum atomic E-state index is 11.7. The molecule has 0 unspecified atom stereocenters. The van der Waals surface area contributed by atoms with Gasteiger partial charge in [0.15, 0.2) is 0 Å². The highest BCUT2D eigenvalue weighted by Gasteiger charge is 2.08. The molecule has 1 aromatic heterocycles. The second-order valence-corrected chi connectivity index (χ2v) is 3.43. The summed E-state index contributed by atoms with van der Waals surface area (Å²) in [6, 6.07) is 1.75. The molecular formula is C11H18N4O. The molecule has 1 aromatic rings. The number of rotatable bonds is 5. The van der Waals surface area contributed by atoms with Gasteiger partial charge in [0.1, 0.15) is 0 Å². The third-order valence-electron chi connectivity index (χ3n) is 2.32. The van der Waals surface area contributed by atoms with Crippen molar-refractivity contribution in [3.8, 4) is 0 Å². The molecule has 1 heterocycles. The number of pyridine rings is 1. The van der Waals surface area contributed by atoms with E-state index in [0.717, 1.165) is 18.8 Å². The Morgan fingerprint density at radius 1 is 1.44 bits per heavy atom. The average molecular weight is 222 g/mol. The van der Waals surface area contributed by atoms with E-state index in [1.807, 2.05) is 13.8 Å². The maximum absolute atomic E-state index is 11.7. The monoisotopic (exact) mass is 222 g/mol. The van der Waals surface area contributed by atoms with Crippen molar-refractivity contribution in [3.05, 3.63) is 18.5 Å². The minimum Gasteiger partial charge on any atom is -0.397 e. The number of carbonyl (C=O) groups excluding carboxylic acids is 1. The number of amides is 1. The number of hydrogen-bond acceptors (Lipinski definition) is 4. The predicted octanol–water partition coefficient (Wildman–Crippen LogP) is 0.944. The fraction of sp³-hybridized carbons (Fsp3) is 0.455. The SMILES string of the molecule is CCN(CC)C(=O)CNc1cncc(N)c1. The Morgan fingerprint density at radius 3 is 2.69 bits per heavy atom. The Labute approximate surface area is 95.7 Å². The van der Waals surface area contributed by atoms with Crippen LogP contribution >= 0.6 is 0 Å². The first-order valence-corrected chi connectivity index (χ1v) is 5.39. The van der Waals surface area contributed by atoms with Gasteiger partial charge in [0.2, 0.25) is 5.91 Å². The van der Waals surface area contributed by atoms with E-state index >= 15 is 0 Å². The van der Waals surface area contributed by atoms with Crippen LogP contribution in [0.25, 0.3) is 0 Å². The Hall–Kier alpha value is -1.78. The summed E-state index contributed by atoms with van der Waals surface area (Å²) in [5.74, 6) is 0.0763. The zero-order chi connectivity index (χ0) is 12.0. The lowest BCUT2D eigenvalue weighted by molar-refractivity contribution is -0.128. The molecule has 5 nitrogen and oxygen atoms in total. The molecule has 0 aromatic carbocycles. The van der Waals surface area contributed by atoms with Gasteiger partial charge < -0.3 is 16.0 Å². The molecule has 16 heavy (non-hydrogen) atoms. The Balaban J connectivity index is 2.48. The molecule has 0 saturated carbocycles. The smallest absolute Gasteiger partial charge is 0.241 e. The van der Waals surface area contributed by atoms with Gasteiger partial charge in [0.05, 0.1) is 24.1 Å². The van der Waals surface area contributed by atoms with Crippen LogP contribution in [0.1, 0.15) is 13.8 Å². The fourth-order valence-corrected chi connectivity index (χ4v) is 1.42. The summed E-state index contributed by atoms with van der Waals surface area (Å²) in [6.45, 7) is 5.65. The number of anilines is 2. The molecule has 0 aliphatic carbocycles. The van der Waals surface area contributed by atoms with Crippen molar-refractivity contribution in [1.29, 1.82) is 0 Å². The van der Waals surface area contributed by atoms with E-state index in [4.69, 9.17) is 5.73 Å². The van der Waals surface area contributed by atoms with Gasteiger partial charge in [-0.05, 0) is 19.9 Å². The van der Waals surface area contributed by atoms with Crippen LogP contribution in [-0.2, 0) is 4.79 Å². The van der Waals surface area contributed by atoms with Crippen molar-refractivity contribution in [1.82, 2.24) is 9.88 Å². The van der Waals surface area contributed by atoms with Crippen LogP contribution < -0.4 is 11.1 Å². The molecule has 1 rings (SSSR count). The van der Waals surface area contributed by atoms with Crippen LogP contribution in [0.15, 0.2) is 18.5 Å². The van der Waals surface area contributed by atoms with Crippen LogP contribution in [0.2, 0.25) is 0 Å². The highest BCUT2D eigenvalue weighted by atomic mass is 16.2. The van der Waals surface area contributed by atoms with E-state index in [1.54, 1.807) is 23.4 Å². The largest absolute Gasteiger partial charge is 0.397 e. The molecule has 0 aliphatic heterocycles. The summed E-state index contributed by atoms with van der Waals surface area (Å²) >= 11 is 0. The van der Waals surface area contributed by atoms with Crippen molar-refractivity contribution in [3.63, 3.8) is 0 Å². The Morgan fingerprint density at radius 2 is 2.12 bits per heavy atom. The maximum Gasteiger partial charge on any atom is 0.241 e. The minimum atomic E-state index is 0.0763. The average Bonchev–Trinajstić information content (AvgIpc) is 2.28. The first-order valence-electron chi connectivity index (χ1n) is 5.39. The first kappa shape index (κ1) is 12.3. The van der Waals surface area contributed by atoms with Gasteiger partial charge >= 0.3 is 0 Å². The molecule has 0 aliphatic rings. The van der Waals surface area contributed by atoms with E-state index in [-0.39, 0.29) is 12.5 Å². The van der Waals surface area contributed by atoms with E-state index in [2.05, 4.69) is 10.3 Å². The van der Waals surface area contributed by atoms with Crippen molar-refractivity contribution < 1.29 is 4.79 Å². The summed E-state index contributed by atoms with van der Waals surface area (Å²) in [7, 11) is 0. The Bertz CT molecular complexity index is 350. The Kier molecular flexibility index (Phi) is 4.57. The zero-order valence-electron chi connectivity index (χ0n) is 9.73. The van der Waals surface area contributed by atoms with Crippen LogP contribution in [0, 0.1) is 0 Å². The lowest BCUT2D eigenvalue weighted by Gasteiger charge is -2.19. The predicted molar refractivity (Wildman–Crippen MR) is 65.1 cm³/mol. The molecule has 0 spiro atoms. The molecule has 1 amide bonds. The summed E-state index contributed by atoms with van der Waals surface area (Å²) in [6.07, 6.45) is 3.21. The fourth-order valence-electron chi connectivity index (χ4n) is 1.42. The van der Waals surface area contributed by atoms with E-state index in [0.29, 0.717) is 5.69 Å². The number of nitrogens with two attached hydrogens (primary N) is 1. The summed E-state index contributed by atoms with van der Waals surface area (Å²) in [5.41, 5.74) is 6.93. The lowest BCUT2D eigenvalue weighted by atomic mass is 10.3. The number of hydrogen-bond donors (Lipinski definition) is 2. The highest BCUT2D eigenvalue weighted by Crippen LogP contribution is 2.08. The van der Waals surface area contributed by atoms with Crippen molar-refractivity contribution >= 4 is 17.3 Å². The van der Waals surface area contributed by atoms with Gasteiger partial charge in [-0.25, -0.2) is 0 Å². The summed E-state index contributed by atoms with van der Waals surface area (Å²) in [5, 5.41) is 3.00. The summed E-state index contributed by atoms with van der Waals surface area (Å²) < 4.78 is 0. The van der Waals surface area contributed by atoms with Gasteiger partial charge in [-0.2, -0.15) is 0 Å². The van der Waals surface area contributed by atoms with Gasteiger partial charge in [-0.15, -0.1) is 0 Å². The van der Waals surface area contributed by atoms with Gasteiger partial charge in [-0.1, -0.05) is 0 Å². The second-order valence-electron chi connectivity index (χ2n) is 3.43. The van der Waals surface area contributed by atoms with Crippen LogP contribution in [0.5, 0.6) is 0 Å². The molecule has 0 atom stereocenters. The molecular weight excluding hydrogens is 204 g/mol. The molecule has 0 bridgehead atoms. The van der Waals surface area contributed by atoms with Crippen molar-refractivity contribution in [2.75, 3.05) is 30.7 Å². The zero-order valence-corrected chi connectivity index (χ0v) is 9.73. The van der Waals surface area contributed by atoms with Crippen molar-refractivity contribution in [2.45, 2.75) is 13.8 Å². The quantitative estimate of drug-likeness (QED) is 0.778. The van der Waals surface area contributed by atoms with E-state index in [9.17, 15) is 4.79 Å². The number of aromatic nitrogens is 1. The third-order valence-corrected chi connectivity index (χ3v) is 2.32. The molecule has 0 fully saturated rings. The molecule has 5 heteroatoms. The standard InChI is InChI=1S/C11H18N4O/c1-3-15(4-2)11(16)8-14-10-5-9(12)6-13-7-10/h5-7,14H,3-4,8,12H2,1-2H3. The first-order chi connectivity index (χ1) is 7.67. The van der Waals surface area contributed by atoms with Gasteiger partial charge in [0, 0.05) is 19.3 Å². The van der Waals surface area contributed by atoms with Crippen LogP contribution in [-0.4, -0.2) is 35.4 Å². The molecule has 3 N–H and O–H groups in total. The van der Waals surface area contributed by atoms with Crippen molar-refractivity contribution in [2.24, 2.45) is 0 Å². The molecule has 0 saturated heterocycles. The molecule has 88 valence electrons. The lowest BCUT2D eigenvalue weighted by Crippen LogP contribution is -2.35. The number of nitrogens with zero attached hydrogens (tertiary/aromatic N) is 2. The minimum absolute atomic E-state index is 0.0763. The van der Waals surface area contributed by atoms with E-state index in [1.165, 1.54) is 0 Å². The van der Waals surface area contributed by atoms with E-state index < -0.39 is 0 Å². The normalized spacial score (nSPS) is 9.88. The third kappa shape index (κ3) is 3.42. The van der Waals surface area contributed by atoms with Crippen LogP contribution in [0.3, 0.4) is 0 Å². The van der Waals surface area contributed by atoms with Crippen LogP contribution in [0.4, 0.5) is 11.4 Å². The second kappa shape index (κ2) is 5.95. The molecule has 0 radical (unpaired) electrons. The highest BCUT2D eigenvalue weighted by molar-refractivity contribution is 5.80. The number of likely N-dealkylation sites (N-methyl/N-ethyl adjacent to an activating group) is 1. The van der Waals surface area contributed by atoms with Gasteiger partial charge in [0.25, 0.3) is 0 Å². The summed E-state index contributed by atoms with van der Waals surface area (Å²) in [4.78, 5) is 17.4. The number of carbonyl (C=O) groups is 1. The topological polar surface area (TPSA) is 71.2 Å². The number of nitrogens with one attached hydrogen (secondary N) is 1. The van der Waals surface area contributed by atoms with Gasteiger partial charge in [-0.3, -0.25) is 9.78 Å². The number of nitrogen functional groups attached to an aromatic ring is 1.